The molecule has 170 valence electrons. The summed E-state index contributed by atoms with van der Waals surface area (Å²) < 4.78 is 24.2. The number of halogens is 1. The first-order valence-corrected chi connectivity index (χ1v) is 10.7. The normalized spacial score (nSPS) is 11.0. The van der Waals surface area contributed by atoms with Crippen molar-refractivity contribution in [3.8, 4) is 22.8 Å². The molecule has 0 radical (unpaired) electrons. The van der Waals surface area contributed by atoms with E-state index in [1.807, 2.05) is 42.5 Å². The number of fused-ring (bicyclic) bond motifs is 3. The molecule has 0 aliphatic heterocycles. The molecular formula is C27H22FN3O3. The fraction of sp³-hybridized carbons (Fsp3) is 0.111. The van der Waals surface area contributed by atoms with Gasteiger partial charge in [-0.1, -0.05) is 30.3 Å². The van der Waals surface area contributed by atoms with Crippen LogP contribution in [0.25, 0.3) is 33.1 Å². The zero-order chi connectivity index (χ0) is 23.7. The zero-order valence-corrected chi connectivity index (χ0v) is 18.7. The second-order valence-electron chi connectivity index (χ2n) is 7.82. The van der Waals surface area contributed by atoms with Crippen LogP contribution in [0.1, 0.15) is 16.1 Å². The van der Waals surface area contributed by atoms with Gasteiger partial charge < -0.3 is 19.8 Å². The lowest BCUT2D eigenvalue weighted by Crippen LogP contribution is -2.24. The van der Waals surface area contributed by atoms with Crippen molar-refractivity contribution in [3.05, 3.63) is 89.9 Å². The number of para-hydroxylation sites is 1. The molecule has 0 aliphatic carbocycles. The molecule has 2 N–H and O–H groups in total. The van der Waals surface area contributed by atoms with Gasteiger partial charge in [0.2, 0.25) is 0 Å². The van der Waals surface area contributed by atoms with Gasteiger partial charge in [-0.25, -0.2) is 9.37 Å². The van der Waals surface area contributed by atoms with E-state index in [1.54, 1.807) is 32.4 Å². The molecule has 7 heteroatoms. The van der Waals surface area contributed by atoms with Gasteiger partial charge in [-0.05, 0) is 48.0 Å². The number of aromatic nitrogens is 2. The third kappa shape index (κ3) is 3.92. The fourth-order valence-electron chi connectivity index (χ4n) is 4.03. The summed E-state index contributed by atoms with van der Waals surface area (Å²) in [7, 11) is 3.18. The standard InChI is InChI=1S/C27H22FN3O3/c1-33-18-11-12-24(34-2)21(13-18)26-25-20(19-5-3-4-6-22(19)30-25)14-23(31-26)27(32)29-15-16-7-9-17(28)10-8-16/h3-14,30H,15H2,1-2H3,(H,29,32). The second-order valence-corrected chi connectivity index (χ2v) is 7.82. The summed E-state index contributed by atoms with van der Waals surface area (Å²) in [6.45, 7) is 0.254. The third-order valence-electron chi connectivity index (χ3n) is 5.76. The highest BCUT2D eigenvalue weighted by atomic mass is 19.1. The van der Waals surface area contributed by atoms with Crippen LogP contribution in [0.15, 0.2) is 72.8 Å². The van der Waals surface area contributed by atoms with Crippen LogP contribution in [0.2, 0.25) is 0 Å². The molecule has 2 heterocycles. The fourth-order valence-corrected chi connectivity index (χ4v) is 4.03. The Morgan fingerprint density at radius 3 is 2.53 bits per heavy atom. The molecule has 0 unspecified atom stereocenters. The van der Waals surface area contributed by atoms with Crippen molar-refractivity contribution in [2.24, 2.45) is 0 Å². The number of aromatic amines is 1. The minimum Gasteiger partial charge on any atom is -0.497 e. The molecule has 2 aromatic heterocycles. The molecule has 0 bridgehead atoms. The Balaban J connectivity index is 1.64. The van der Waals surface area contributed by atoms with Crippen LogP contribution in [0.3, 0.4) is 0 Å². The van der Waals surface area contributed by atoms with Crippen LogP contribution >= 0.6 is 0 Å². The van der Waals surface area contributed by atoms with E-state index >= 15 is 0 Å². The number of carbonyl (C=O) groups is 1. The lowest BCUT2D eigenvalue weighted by molar-refractivity contribution is 0.0946. The Labute approximate surface area is 195 Å². The Morgan fingerprint density at radius 2 is 1.76 bits per heavy atom. The number of carbonyl (C=O) groups excluding carboxylic acids is 1. The second kappa shape index (κ2) is 8.86. The summed E-state index contributed by atoms with van der Waals surface area (Å²) in [5, 5.41) is 4.73. The Hall–Kier alpha value is -4.39. The minimum atomic E-state index is -0.334. The van der Waals surface area contributed by atoms with Crippen LogP contribution in [-0.2, 0) is 6.54 Å². The highest BCUT2D eigenvalue weighted by molar-refractivity contribution is 6.13. The number of rotatable bonds is 6. The van der Waals surface area contributed by atoms with Crippen LogP contribution < -0.4 is 14.8 Å². The Morgan fingerprint density at radius 1 is 0.971 bits per heavy atom. The molecule has 5 rings (SSSR count). The number of hydrogen-bond donors (Lipinski definition) is 2. The van der Waals surface area contributed by atoms with Crippen molar-refractivity contribution in [1.82, 2.24) is 15.3 Å². The summed E-state index contributed by atoms with van der Waals surface area (Å²) in [4.78, 5) is 21.3. The van der Waals surface area contributed by atoms with Crippen LogP contribution in [-0.4, -0.2) is 30.1 Å². The van der Waals surface area contributed by atoms with E-state index in [0.29, 0.717) is 22.8 Å². The van der Waals surface area contributed by atoms with E-state index in [0.717, 1.165) is 27.4 Å². The number of pyridine rings is 1. The lowest BCUT2D eigenvalue weighted by atomic mass is 10.0. The maximum atomic E-state index is 13.2. The minimum absolute atomic E-state index is 0.254. The number of nitrogens with zero attached hydrogens (tertiary/aromatic N) is 1. The van der Waals surface area contributed by atoms with Crippen molar-refractivity contribution in [1.29, 1.82) is 0 Å². The van der Waals surface area contributed by atoms with E-state index in [4.69, 9.17) is 14.5 Å². The molecule has 6 nitrogen and oxygen atoms in total. The SMILES string of the molecule is COc1ccc(OC)c(-c2nc(C(=O)NCc3ccc(F)cc3)cc3c2[nH]c2ccccc23)c1. The van der Waals surface area contributed by atoms with Gasteiger partial charge in [0.05, 0.1) is 25.4 Å². The predicted molar refractivity (Wildman–Crippen MR) is 130 cm³/mol. The van der Waals surface area contributed by atoms with Gasteiger partial charge in [-0.15, -0.1) is 0 Å². The maximum absolute atomic E-state index is 13.2. The average molecular weight is 455 g/mol. The number of benzene rings is 3. The van der Waals surface area contributed by atoms with Gasteiger partial charge in [0, 0.05) is 28.4 Å². The van der Waals surface area contributed by atoms with E-state index < -0.39 is 0 Å². The highest BCUT2D eigenvalue weighted by Gasteiger charge is 2.20. The van der Waals surface area contributed by atoms with Gasteiger partial charge in [-0.3, -0.25) is 4.79 Å². The molecule has 0 aliphatic rings. The van der Waals surface area contributed by atoms with Crippen LogP contribution in [0.5, 0.6) is 11.5 Å². The largest absolute Gasteiger partial charge is 0.497 e. The summed E-state index contributed by atoms with van der Waals surface area (Å²) in [5.41, 5.74) is 4.06. The third-order valence-corrected chi connectivity index (χ3v) is 5.76. The quantitative estimate of drug-likeness (QED) is 0.356. The molecule has 5 aromatic rings. The van der Waals surface area contributed by atoms with Crippen molar-refractivity contribution >= 4 is 27.7 Å². The maximum Gasteiger partial charge on any atom is 0.270 e. The smallest absolute Gasteiger partial charge is 0.270 e. The van der Waals surface area contributed by atoms with Gasteiger partial charge in [0.15, 0.2) is 0 Å². The van der Waals surface area contributed by atoms with Gasteiger partial charge >= 0.3 is 0 Å². The molecule has 0 saturated heterocycles. The molecule has 34 heavy (non-hydrogen) atoms. The molecule has 1 amide bonds. The summed E-state index contributed by atoms with van der Waals surface area (Å²) in [6.07, 6.45) is 0. The van der Waals surface area contributed by atoms with Gasteiger partial charge in [0.1, 0.15) is 23.0 Å². The van der Waals surface area contributed by atoms with Gasteiger partial charge in [0.25, 0.3) is 5.91 Å². The van der Waals surface area contributed by atoms with Crippen molar-refractivity contribution < 1.29 is 18.7 Å². The lowest BCUT2D eigenvalue weighted by Gasteiger charge is -2.13. The van der Waals surface area contributed by atoms with Crippen molar-refractivity contribution in [2.75, 3.05) is 14.2 Å². The monoisotopic (exact) mass is 455 g/mol. The molecule has 3 aromatic carbocycles. The first-order valence-electron chi connectivity index (χ1n) is 10.7. The molecule has 0 spiro atoms. The highest BCUT2D eigenvalue weighted by Crippen LogP contribution is 2.38. The zero-order valence-electron chi connectivity index (χ0n) is 18.7. The topological polar surface area (TPSA) is 76.2 Å². The number of nitrogens with one attached hydrogen (secondary N) is 2. The van der Waals surface area contributed by atoms with E-state index in [2.05, 4.69) is 10.3 Å². The Bertz CT molecular complexity index is 1510. The number of ether oxygens (including phenoxy) is 2. The summed E-state index contributed by atoms with van der Waals surface area (Å²) in [5.74, 6) is 0.600. The average Bonchev–Trinajstić information content (AvgIpc) is 3.26. The van der Waals surface area contributed by atoms with Crippen molar-refractivity contribution in [2.45, 2.75) is 6.54 Å². The summed E-state index contributed by atoms with van der Waals surface area (Å²) >= 11 is 0. The molecule has 0 atom stereocenters. The number of methoxy groups -OCH3 is 2. The predicted octanol–water partition coefficient (Wildman–Crippen LogP) is 5.47. The van der Waals surface area contributed by atoms with Crippen LogP contribution in [0.4, 0.5) is 4.39 Å². The first kappa shape index (κ1) is 21.5. The van der Waals surface area contributed by atoms with Crippen molar-refractivity contribution in [3.63, 3.8) is 0 Å². The molecule has 0 fully saturated rings. The number of amides is 1. The van der Waals surface area contributed by atoms with Crippen LogP contribution in [0, 0.1) is 5.82 Å². The van der Waals surface area contributed by atoms with E-state index in [1.165, 1.54) is 12.1 Å². The number of hydrogen-bond acceptors (Lipinski definition) is 4. The first-order chi connectivity index (χ1) is 16.6. The van der Waals surface area contributed by atoms with E-state index in [9.17, 15) is 9.18 Å². The van der Waals surface area contributed by atoms with E-state index in [-0.39, 0.29) is 24.0 Å². The molecular weight excluding hydrogens is 433 g/mol. The molecule has 0 saturated carbocycles. The van der Waals surface area contributed by atoms with Gasteiger partial charge in [-0.2, -0.15) is 0 Å². The number of H-pyrrole nitrogens is 1. The Kier molecular flexibility index (Phi) is 5.59. The summed E-state index contributed by atoms with van der Waals surface area (Å²) in [6, 6.07) is 21.1.